The number of nitrogens with zero attached hydrogens (tertiary/aromatic N) is 2. The van der Waals surface area contributed by atoms with Crippen molar-refractivity contribution in [3.05, 3.63) is 33.0 Å². The van der Waals surface area contributed by atoms with Gasteiger partial charge in [-0.1, -0.05) is 30.6 Å². The Morgan fingerprint density at radius 3 is 2.85 bits per heavy atom. The van der Waals surface area contributed by atoms with Crippen LogP contribution in [0.4, 0.5) is 9.93 Å². The van der Waals surface area contributed by atoms with Crippen molar-refractivity contribution in [3.8, 4) is 0 Å². The van der Waals surface area contributed by atoms with Crippen molar-refractivity contribution in [1.82, 2.24) is 15.2 Å². The molecule has 0 aromatic carbocycles. The van der Waals surface area contributed by atoms with Crippen molar-refractivity contribution < 1.29 is 9.59 Å². The summed E-state index contributed by atoms with van der Waals surface area (Å²) in [6, 6.07) is 2.14. The third-order valence-corrected chi connectivity index (χ3v) is 6.64. The van der Waals surface area contributed by atoms with Crippen molar-refractivity contribution in [1.29, 1.82) is 0 Å². The Morgan fingerprint density at radius 2 is 2.08 bits per heavy atom. The highest BCUT2D eigenvalue weighted by Crippen LogP contribution is 2.29. The van der Waals surface area contributed by atoms with E-state index in [2.05, 4.69) is 15.6 Å². The summed E-state index contributed by atoms with van der Waals surface area (Å²) in [5.41, 5.74) is 1.65. The van der Waals surface area contributed by atoms with E-state index in [4.69, 9.17) is 0 Å². The molecule has 1 saturated carbocycles. The first-order valence-electron chi connectivity index (χ1n) is 9.06. The van der Waals surface area contributed by atoms with Crippen molar-refractivity contribution in [2.24, 2.45) is 0 Å². The van der Waals surface area contributed by atoms with Crippen LogP contribution < -0.4 is 10.6 Å². The number of fused-ring (bicyclic) bond motifs is 1. The van der Waals surface area contributed by atoms with Gasteiger partial charge in [-0.3, -0.25) is 10.1 Å². The van der Waals surface area contributed by atoms with Crippen molar-refractivity contribution in [3.63, 3.8) is 0 Å². The number of thiazole rings is 1. The van der Waals surface area contributed by atoms with E-state index in [1.807, 2.05) is 15.7 Å². The molecule has 0 spiro atoms. The van der Waals surface area contributed by atoms with Crippen LogP contribution in [0.1, 0.15) is 53.0 Å². The SMILES string of the molecule is O=C(Nc1nc2c(s1)CN(C(=O)NC1CCCCC1)CC2)c1ccsc1. The maximum Gasteiger partial charge on any atom is 0.317 e. The number of nitrogens with one attached hydrogen (secondary N) is 2. The molecular weight excluding hydrogens is 368 g/mol. The molecule has 1 aliphatic carbocycles. The van der Waals surface area contributed by atoms with Gasteiger partial charge < -0.3 is 10.2 Å². The highest BCUT2D eigenvalue weighted by atomic mass is 32.1. The van der Waals surface area contributed by atoms with Crippen LogP contribution in [0.25, 0.3) is 0 Å². The normalized spacial score (nSPS) is 17.6. The van der Waals surface area contributed by atoms with Crippen LogP contribution in [0.5, 0.6) is 0 Å². The smallest absolute Gasteiger partial charge is 0.317 e. The van der Waals surface area contributed by atoms with E-state index >= 15 is 0 Å². The number of carbonyl (C=O) groups is 2. The maximum atomic E-state index is 12.5. The zero-order valence-corrected chi connectivity index (χ0v) is 16.1. The number of anilines is 1. The van der Waals surface area contributed by atoms with Gasteiger partial charge in [-0.05, 0) is 24.3 Å². The molecule has 3 heterocycles. The van der Waals surface area contributed by atoms with Gasteiger partial charge >= 0.3 is 6.03 Å². The zero-order valence-electron chi connectivity index (χ0n) is 14.5. The first-order valence-corrected chi connectivity index (χ1v) is 10.8. The second-order valence-electron chi connectivity index (χ2n) is 6.81. The Hall–Kier alpha value is -1.93. The van der Waals surface area contributed by atoms with E-state index in [-0.39, 0.29) is 11.9 Å². The Kier molecular flexibility index (Phi) is 5.21. The molecule has 6 nitrogen and oxygen atoms in total. The fourth-order valence-electron chi connectivity index (χ4n) is 3.50. The van der Waals surface area contributed by atoms with Crippen LogP contribution in [-0.2, 0) is 13.0 Å². The highest BCUT2D eigenvalue weighted by Gasteiger charge is 2.26. The minimum absolute atomic E-state index is 0.0276. The number of aromatic nitrogens is 1. The molecule has 4 rings (SSSR count). The molecule has 1 fully saturated rings. The van der Waals surface area contributed by atoms with Gasteiger partial charge in [0.15, 0.2) is 5.13 Å². The average molecular weight is 391 g/mol. The Bertz CT molecular complexity index is 781. The lowest BCUT2D eigenvalue weighted by Crippen LogP contribution is -2.47. The number of thiophene rings is 1. The summed E-state index contributed by atoms with van der Waals surface area (Å²) in [4.78, 5) is 32.2. The van der Waals surface area contributed by atoms with Gasteiger partial charge in [0.2, 0.25) is 0 Å². The fraction of sp³-hybridized carbons (Fsp3) is 0.500. The molecule has 1 aliphatic heterocycles. The summed E-state index contributed by atoms with van der Waals surface area (Å²) in [6.45, 7) is 1.24. The molecule has 0 atom stereocenters. The summed E-state index contributed by atoms with van der Waals surface area (Å²) in [5, 5.41) is 10.4. The number of hydrogen-bond acceptors (Lipinski definition) is 5. The summed E-state index contributed by atoms with van der Waals surface area (Å²) >= 11 is 2.96. The van der Waals surface area contributed by atoms with Crippen molar-refractivity contribution in [2.45, 2.75) is 51.1 Å². The van der Waals surface area contributed by atoms with E-state index < -0.39 is 0 Å². The van der Waals surface area contributed by atoms with E-state index in [0.717, 1.165) is 29.8 Å². The van der Waals surface area contributed by atoms with E-state index in [9.17, 15) is 9.59 Å². The number of amides is 3. The molecule has 138 valence electrons. The van der Waals surface area contributed by atoms with Crippen LogP contribution in [0.3, 0.4) is 0 Å². The molecule has 8 heteroatoms. The van der Waals surface area contributed by atoms with Crippen LogP contribution in [0.2, 0.25) is 0 Å². The molecule has 0 unspecified atom stereocenters. The molecule has 0 radical (unpaired) electrons. The highest BCUT2D eigenvalue weighted by molar-refractivity contribution is 7.16. The summed E-state index contributed by atoms with van der Waals surface area (Å²) in [5.74, 6) is -0.135. The van der Waals surface area contributed by atoms with Gasteiger partial charge in [-0.25, -0.2) is 9.78 Å². The van der Waals surface area contributed by atoms with Gasteiger partial charge in [-0.2, -0.15) is 11.3 Å². The molecule has 2 aliphatic rings. The molecule has 0 bridgehead atoms. The van der Waals surface area contributed by atoms with Crippen LogP contribution in [-0.4, -0.2) is 34.4 Å². The van der Waals surface area contributed by atoms with Gasteiger partial charge in [-0.15, -0.1) is 0 Å². The third-order valence-electron chi connectivity index (χ3n) is 4.96. The molecule has 0 saturated heterocycles. The van der Waals surface area contributed by atoms with Gasteiger partial charge in [0.25, 0.3) is 5.91 Å². The number of hydrogen-bond donors (Lipinski definition) is 2. The van der Waals surface area contributed by atoms with Crippen LogP contribution in [0.15, 0.2) is 16.8 Å². The first kappa shape index (κ1) is 17.5. The lowest BCUT2D eigenvalue weighted by atomic mass is 9.96. The minimum Gasteiger partial charge on any atom is -0.335 e. The second kappa shape index (κ2) is 7.75. The van der Waals surface area contributed by atoms with E-state index in [1.165, 1.54) is 41.9 Å². The van der Waals surface area contributed by atoms with Gasteiger partial charge in [0.1, 0.15) is 0 Å². The van der Waals surface area contributed by atoms with Crippen LogP contribution in [0, 0.1) is 0 Å². The predicted octanol–water partition coefficient (Wildman–Crippen LogP) is 3.86. The lowest BCUT2D eigenvalue weighted by Gasteiger charge is -2.30. The molecule has 26 heavy (non-hydrogen) atoms. The van der Waals surface area contributed by atoms with Gasteiger partial charge in [0.05, 0.1) is 17.8 Å². The summed E-state index contributed by atoms with van der Waals surface area (Å²) in [6.07, 6.45) is 6.60. The Morgan fingerprint density at radius 1 is 1.23 bits per heavy atom. The molecule has 2 aromatic heterocycles. The first-order chi connectivity index (χ1) is 12.7. The number of carbonyl (C=O) groups excluding carboxylic acids is 2. The quantitative estimate of drug-likeness (QED) is 0.836. The van der Waals surface area contributed by atoms with E-state index in [0.29, 0.717) is 29.8 Å². The predicted molar refractivity (Wildman–Crippen MR) is 104 cm³/mol. The van der Waals surface area contributed by atoms with Gasteiger partial charge in [0, 0.05) is 29.3 Å². The lowest BCUT2D eigenvalue weighted by molar-refractivity contribution is 0.102. The molecule has 2 aromatic rings. The number of urea groups is 1. The standard InChI is InChI=1S/C18H22N4O2S2/c23-16(12-7-9-25-11-12)21-17-20-14-6-8-22(10-15(14)26-17)18(24)19-13-4-2-1-3-5-13/h7,9,11,13H,1-6,8,10H2,(H,19,24)(H,20,21,23). The Labute approximate surface area is 160 Å². The summed E-state index contributed by atoms with van der Waals surface area (Å²) < 4.78 is 0. The van der Waals surface area contributed by atoms with E-state index in [1.54, 1.807) is 6.07 Å². The van der Waals surface area contributed by atoms with Crippen molar-refractivity contribution >= 4 is 39.7 Å². The fourth-order valence-corrected chi connectivity index (χ4v) is 5.15. The zero-order chi connectivity index (χ0) is 17.9. The molecule has 3 amide bonds. The largest absolute Gasteiger partial charge is 0.335 e. The third kappa shape index (κ3) is 3.91. The minimum atomic E-state index is -0.135. The van der Waals surface area contributed by atoms with Crippen molar-refractivity contribution in [2.75, 3.05) is 11.9 Å². The number of rotatable bonds is 3. The summed E-state index contributed by atoms with van der Waals surface area (Å²) in [7, 11) is 0. The average Bonchev–Trinajstić information content (AvgIpc) is 3.31. The van der Waals surface area contributed by atoms with Crippen LogP contribution >= 0.6 is 22.7 Å². The molecular formula is C18H22N4O2S2. The second-order valence-corrected chi connectivity index (χ2v) is 8.67. The topological polar surface area (TPSA) is 74.3 Å². The maximum absolute atomic E-state index is 12.5. The Balaban J connectivity index is 1.37. The molecule has 2 N–H and O–H groups in total. The monoisotopic (exact) mass is 390 g/mol.